The van der Waals surface area contributed by atoms with Crippen LogP contribution in [-0.4, -0.2) is 57.4 Å². The highest BCUT2D eigenvalue weighted by Crippen LogP contribution is 2.19. The van der Waals surface area contributed by atoms with Crippen molar-refractivity contribution in [3.05, 3.63) is 83.7 Å². The second-order valence-electron chi connectivity index (χ2n) is 8.30. The Morgan fingerprint density at radius 1 is 1.00 bits per heavy atom. The van der Waals surface area contributed by atoms with E-state index in [0.29, 0.717) is 11.3 Å². The summed E-state index contributed by atoms with van der Waals surface area (Å²) in [6, 6.07) is 18.6. The number of pyridine rings is 1. The number of nitrogens with zero attached hydrogens (tertiary/aromatic N) is 4. The normalized spacial score (nSPS) is 14.3. The highest BCUT2D eigenvalue weighted by molar-refractivity contribution is 7.89. The van der Waals surface area contributed by atoms with Crippen molar-refractivity contribution in [1.82, 2.24) is 14.6 Å². The second-order valence-corrected chi connectivity index (χ2v) is 10.1. The summed E-state index contributed by atoms with van der Waals surface area (Å²) in [6.07, 6.45) is 1.41. The van der Waals surface area contributed by atoms with Crippen molar-refractivity contribution < 1.29 is 13.2 Å². The van der Waals surface area contributed by atoms with Crippen LogP contribution in [0.1, 0.15) is 21.6 Å². The highest BCUT2D eigenvalue weighted by Gasteiger charge is 2.17. The Labute approximate surface area is 205 Å². The number of carbonyl (C=O) groups excluding carboxylic acids is 1. The largest absolute Gasteiger partial charge is 0.369 e. The van der Waals surface area contributed by atoms with Gasteiger partial charge in [0.1, 0.15) is 11.8 Å². The number of rotatable bonds is 7. The summed E-state index contributed by atoms with van der Waals surface area (Å²) < 4.78 is 28.1. The molecule has 2 aromatic carbocycles. The zero-order valence-electron chi connectivity index (χ0n) is 19.3. The van der Waals surface area contributed by atoms with Crippen LogP contribution in [0.4, 0.5) is 11.4 Å². The van der Waals surface area contributed by atoms with E-state index in [0.717, 1.165) is 37.4 Å². The molecule has 1 fully saturated rings. The molecule has 35 heavy (non-hydrogen) atoms. The third-order valence-electron chi connectivity index (χ3n) is 5.83. The third-order valence-corrected chi connectivity index (χ3v) is 7.25. The lowest BCUT2D eigenvalue weighted by atomic mass is 10.1. The first-order valence-corrected chi connectivity index (χ1v) is 12.6. The van der Waals surface area contributed by atoms with Gasteiger partial charge in [-0.1, -0.05) is 12.1 Å². The molecule has 0 spiro atoms. The lowest BCUT2D eigenvalue weighted by molar-refractivity contribution is 0.102. The molecule has 4 rings (SSSR count). The molecule has 2 heterocycles. The summed E-state index contributed by atoms with van der Waals surface area (Å²) in [4.78, 5) is 21.1. The van der Waals surface area contributed by atoms with Crippen LogP contribution in [-0.2, 0) is 16.6 Å². The summed E-state index contributed by atoms with van der Waals surface area (Å²) in [5.74, 6) is -0.330. The standard InChI is InChI=1S/C25H26N6O3S/c1-30-12-14-31(15-13-30)23-8-10-24(11-9-23)35(33,34)28-17-19-2-4-20(5-3-19)25(32)29-22-7-6-21(16-26)27-18-22/h2-11,18,28H,12-15,17H2,1H3,(H,29,32). The minimum atomic E-state index is -3.67. The number of hydrogen-bond acceptors (Lipinski definition) is 7. The number of nitriles is 1. The Morgan fingerprint density at radius 3 is 2.29 bits per heavy atom. The third kappa shape index (κ3) is 6.22. The topological polar surface area (TPSA) is 118 Å². The van der Waals surface area contributed by atoms with Gasteiger partial charge in [0, 0.05) is 44.0 Å². The van der Waals surface area contributed by atoms with E-state index in [1.54, 1.807) is 42.5 Å². The van der Waals surface area contributed by atoms with E-state index in [-0.39, 0.29) is 23.0 Å². The molecule has 0 saturated carbocycles. The van der Waals surface area contributed by atoms with E-state index in [2.05, 4.69) is 31.9 Å². The molecule has 1 amide bonds. The molecule has 3 aromatic rings. The van der Waals surface area contributed by atoms with Crippen LogP contribution in [0.2, 0.25) is 0 Å². The van der Waals surface area contributed by atoms with Gasteiger partial charge in [0.15, 0.2) is 0 Å². The van der Waals surface area contributed by atoms with Gasteiger partial charge in [0.2, 0.25) is 10.0 Å². The number of hydrogen-bond donors (Lipinski definition) is 2. The predicted molar refractivity (Wildman–Crippen MR) is 134 cm³/mol. The molecular formula is C25H26N6O3S. The minimum Gasteiger partial charge on any atom is -0.369 e. The van der Waals surface area contributed by atoms with Crippen molar-refractivity contribution in [2.24, 2.45) is 0 Å². The summed E-state index contributed by atoms with van der Waals surface area (Å²) in [5.41, 5.74) is 2.90. The fraction of sp³-hybridized carbons (Fsp3) is 0.240. The van der Waals surface area contributed by atoms with Crippen LogP contribution >= 0.6 is 0 Å². The van der Waals surface area contributed by atoms with Gasteiger partial charge in [0.25, 0.3) is 5.91 Å². The quantitative estimate of drug-likeness (QED) is 0.522. The zero-order chi connectivity index (χ0) is 24.8. The number of anilines is 2. The van der Waals surface area contributed by atoms with Gasteiger partial charge >= 0.3 is 0 Å². The first kappa shape index (κ1) is 24.3. The van der Waals surface area contributed by atoms with Crippen molar-refractivity contribution in [2.45, 2.75) is 11.4 Å². The molecule has 0 unspecified atom stereocenters. The zero-order valence-corrected chi connectivity index (χ0v) is 20.1. The van der Waals surface area contributed by atoms with Crippen LogP contribution in [0.25, 0.3) is 0 Å². The maximum atomic E-state index is 12.7. The first-order valence-electron chi connectivity index (χ1n) is 11.1. The average molecular weight is 491 g/mol. The molecule has 1 saturated heterocycles. The molecule has 1 aliphatic heterocycles. The Kier molecular flexibility index (Phi) is 7.41. The van der Waals surface area contributed by atoms with Gasteiger partial charge in [-0.2, -0.15) is 5.26 Å². The number of nitrogens with one attached hydrogen (secondary N) is 2. The van der Waals surface area contributed by atoms with Gasteiger partial charge in [0.05, 0.1) is 16.8 Å². The number of aromatic nitrogens is 1. The lowest BCUT2D eigenvalue weighted by Crippen LogP contribution is -2.44. The van der Waals surface area contributed by atoms with Crippen molar-refractivity contribution in [2.75, 3.05) is 43.4 Å². The molecule has 0 atom stereocenters. The van der Waals surface area contributed by atoms with E-state index in [9.17, 15) is 13.2 Å². The molecule has 1 aromatic heterocycles. The van der Waals surface area contributed by atoms with E-state index in [1.165, 1.54) is 12.3 Å². The van der Waals surface area contributed by atoms with Crippen LogP contribution < -0.4 is 14.9 Å². The maximum Gasteiger partial charge on any atom is 0.255 e. The molecule has 2 N–H and O–H groups in total. The predicted octanol–water partition coefficient (Wildman–Crippen LogP) is 2.44. The van der Waals surface area contributed by atoms with Crippen molar-refractivity contribution in [3.63, 3.8) is 0 Å². The van der Waals surface area contributed by atoms with Gasteiger partial charge in [-0.15, -0.1) is 0 Å². The summed E-state index contributed by atoms with van der Waals surface area (Å²) in [6.45, 7) is 3.89. The Balaban J connectivity index is 1.33. The summed E-state index contributed by atoms with van der Waals surface area (Å²) in [5, 5.41) is 11.5. The van der Waals surface area contributed by atoms with E-state index in [1.807, 2.05) is 18.2 Å². The SMILES string of the molecule is CN1CCN(c2ccc(S(=O)(=O)NCc3ccc(C(=O)Nc4ccc(C#N)nc4)cc3)cc2)CC1. The highest BCUT2D eigenvalue weighted by atomic mass is 32.2. The first-order chi connectivity index (χ1) is 16.8. The number of likely N-dealkylation sites (N-methyl/N-ethyl adjacent to an activating group) is 1. The molecule has 0 aliphatic carbocycles. The van der Waals surface area contributed by atoms with Crippen LogP contribution in [0.3, 0.4) is 0 Å². The van der Waals surface area contributed by atoms with Crippen molar-refractivity contribution >= 4 is 27.3 Å². The van der Waals surface area contributed by atoms with Crippen LogP contribution in [0.5, 0.6) is 0 Å². The molecular weight excluding hydrogens is 464 g/mol. The minimum absolute atomic E-state index is 0.101. The fourth-order valence-electron chi connectivity index (χ4n) is 3.67. The smallest absolute Gasteiger partial charge is 0.255 e. The molecule has 0 bridgehead atoms. The fourth-order valence-corrected chi connectivity index (χ4v) is 4.69. The molecule has 180 valence electrons. The number of carbonyl (C=O) groups is 1. The lowest BCUT2D eigenvalue weighted by Gasteiger charge is -2.34. The Hall–Kier alpha value is -3.78. The van der Waals surface area contributed by atoms with E-state index >= 15 is 0 Å². The number of sulfonamides is 1. The Bertz CT molecular complexity index is 1310. The van der Waals surface area contributed by atoms with Gasteiger partial charge in [-0.05, 0) is 61.1 Å². The monoisotopic (exact) mass is 490 g/mol. The van der Waals surface area contributed by atoms with Crippen LogP contribution in [0, 0.1) is 11.3 Å². The molecule has 1 aliphatic rings. The van der Waals surface area contributed by atoms with Gasteiger partial charge < -0.3 is 15.1 Å². The van der Waals surface area contributed by atoms with Crippen LogP contribution in [0.15, 0.2) is 71.8 Å². The van der Waals surface area contributed by atoms with Crippen molar-refractivity contribution in [3.8, 4) is 6.07 Å². The van der Waals surface area contributed by atoms with Gasteiger partial charge in [-0.3, -0.25) is 4.79 Å². The number of piperazine rings is 1. The average Bonchev–Trinajstić information content (AvgIpc) is 2.89. The molecule has 10 heteroatoms. The summed E-state index contributed by atoms with van der Waals surface area (Å²) >= 11 is 0. The van der Waals surface area contributed by atoms with Crippen molar-refractivity contribution in [1.29, 1.82) is 5.26 Å². The summed E-state index contributed by atoms with van der Waals surface area (Å²) in [7, 11) is -1.58. The number of amides is 1. The number of benzene rings is 2. The Morgan fingerprint density at radius 2 is 1.69 bits per heavy atom. The molecule has 9 nitrogen and oxygen atoms in total. The second kappa shape index (κ2) is 10.7. The maximum absolute atomic E-state index is 12.7. The van der Waals surface area contributed by atoms with E-state index in [4.69, 9.17) is 5.26 Å². The molecule has 0 radical (unpaired) electrons. The van der Waals surface area contributed by atoms with E-state index < -0.39 is 10.0 Å². The van der Waals surface area contributed by atoms with Gasteiger partial charge in [-0.25, -0.2) is 18.1 Å².